The summed E-state index contributed by atoms with van der Waals surface area (Å²) >= 11 is 0. The fourth-order valence-electron chi connectivity index (χ4n) is 5.19. The van der Waals surface area contributed by atoms with E-state index in [-0.39, 0.29) is 37.4 Å². The van der Waals surface area contributed by atoms with Crippen LogP contribution in [0.15, 0.2) is 72.8 Å². The van der Waals surface area contributed by atoms with E-state index in [1.807, 2.05) is 74.5 Å². The molecule has 0 aromatic heterocycles. The number of phenols is 1. The molecule has 0 radical (unpaired) electrons. The third-order valence-corrected chi connectivity index (χ3v) is 7.72. The third kappa shape index (κ3) is 11.7. The third-order valence-electron chi connectivity index (χ3n) is 7.72. The van der Waals surface area contributed by atoms with E-state index < -0.39 is 35.9 Å². The number of Topliss-reactive ketones (excluding diaryl/α,β-unsaturated/α-hetero) is 1. The molecule has 10 heteroatoms. The number of phenolic OH excluding ortho intramolecular Hbond substituents is 1. The number of amides is 3. The van der Waals surface area contributed by atoms with Crippen LogP contribution in [0.2, 0.25) is 0 Å². The van der Waals surface area contributed by atoms with Gasteiger partial charge in [0.15, 0.2) is 5.78 Å². The van der Waals surface area contributed by atoms with Gasteiger partial charge in [-0.2, -0.15) is 0 Å². The van der Waals surface area contributed by atoms with E-state index in [0.717, 1.165) is 27.8 Å². The van der Waals surface area contributed by atoms with Crippen LogP contribution in [0.3, 0.4) is 0 Å². The summed E-state index contributed by atoms with van der Waals surface area (Å²) < 4.78 is 5.23. The minimum atomic E-state index is -0.945. The van der Waals surface area contributed by atoms with E-state index >= 15 is 0 Å². The zero-order valence-electron chi connectivity index (χ0n) is 26.0. The Kier molecular flexibility index (Phi) is 13.6. The Labute approximate surface area is 264 Å². The Morgan fingerprint density at radius 3 is 2.07 bits per heavy atom. The molecule has 0 fully saturated rings. The first kappa shape index (κ1) is 34.8. The minimum Gasteiger partial charge on any atom is -0.508 e. The van der Waals surface area contributed by atoms with E-state index in [0.29, 0.717) is 25.8 Å². The van der Waals surface area contributed by atoms with E-state index in [2.05, 4.69) is 10.6 Å². The zero-order chi connectivity index (χ0) is 32.8. The van der Waals surface area contributed by atoms with Crippen LogP contribution in [0.1, 0.15) is 53.5 Å². The van der Waals surface area contributed by atoms with Gasteiger partial charge < -0.3 is 31.9 Å². The van der Waals surface area contributed by atoms with Crippen molar-refractivity contribution in [3.63, 3.8) is 0 Å². The second-order valence-corrected chi connectivity index (χ2v) is 11.4. The van der Waals surface area contributed by atoms with Crippen molar-refractivity contribution in [1.29, 1.82) is 0 Å². The summed E-state index contributed by atoms with van der Waals surface area (Å²) in [6, 6.07) is 20.0. The molecule has 0 saturated carbocycles. The Hall–Kier alpha value is -4.70. The summed E-state index contributed by atoms with van der Waals surface area (Å²) in [5.41, 5.74) is 16.2. The van der Waals surface area contributed by atoms with Crippen molar-refractivity contribution in [2.75, 3.05) is 6.54 Å². The molecule has 7 N–H and O–H groups in total. The summed E-state index contributed by atoms with van der Waals surface area (Å²) in [5, 5.41) is 15.4. The van der Waals surface area contributed by atoms with Gasteiger partial charge in [0.2, 0.25) is 11.8 Å². The topological polar surface area (TPSA) is 174 Å². The Morgan fingerprint density at radius 2 is 1.47 bits per heavy atom. The first-order valence-electron chi connectivity index (χ1n) is 15.2. The summed E-state index contributed by atoms with van der Waals surface area (Å²) in [5.74, 6) is -2.01. The molecule has 240 valence electrons. The maximum Gasteiger partial charge on any atom is 0.407 e. The number of nitrogens with one attached hydrogen (secondary N) is 2. The number of ether oxygens (including phenoxy) is 1. The highest BCUT2D eigenvalue weighted by atomic mass is 16.5. The Morgan fingerprint density at radius 1 is 0.867 bits per heavy atom. The molecule has 0 bridgehead atoms. The summed E-state index contributed by atoms with van der Waals surface area (Å²) in [7, 11) is 0. The number of rotatable bonds is 17. The van der Waals surface area contributed by atoms with E-state index in [9.17, 15) is 24.3 Å². The molecule has 3 atom stereocenters. The molecular weight excluding hydrogens is 572 g/mol. The lowest BCUT2D eigenvalue weighted by Gasteiger charge is -2.23. The van der Waals surface area contributed by atoms with Gasteiger partial charge in [0.1, 0.15) is 12.4 Å². The second kappa shape index (κ2) is 17.6. The van der Waals surface area contributed by atoms with Crippen molar-refractivity contribution < 1.29 is 29.0 Å². The van der Waals surface area contributed by atoms with Crippen LogP contribution < -0.4 is 22.1 Å². The molecular formula is C35H44N4O6. The monoisotopic (exact) mass is 616 g/mol. The van der Waals surface area contributed by atoms with Gasteiger partial charge in [-0.1, -0.05) is 60.7 Å². The summed E-state index contributed by atoms with van der Waals surface area (Å²) in [6.45, 7) is 4.14. The number of primary amides is 1. The largest absolute Gasteiger partial charge is 0.508 e. The van der Waals surface area contributed by atoms with Gasteiger partial charge in [-0.25, -0.2) is 4.79 Å². The van der Waals surface area contributed by atoms with Crippen LogP contribution in [-0.2, 0) is 38.6 Å². The van der Waals surface area contributed by atoms with Gasteiger partial charge in [0.05, 0.1) is 12.1 Å². The van der Waals surface area contributed by atoms with Crippen molar-refractivity contribution in [3.8, 4) is 5.75 Å². The predicted molar refractivity (Wildman–Crippen MR) is 172 cm³/mol. The average Bonchev–Trinajstić information content (AvgIpc) is 3.01. The van der Waals surface area contributed by atoms with Gasteiger partial charge in [-0.05, 0) is 85.9 Å². The van der Waals surface area contributed by atoms with Gasteiger partial charge in [0, 0.05) is 18.9 Å². The number of ketones is 1. The number of unbranched alkanes of at least 4 members (excludes halogenated alkanes) is 1. The molecule has 3 rings (SSSR count). The number of hydrogen-bond acceptors (Lipinski definition) is 7. The fourth-order valence-corrected chi connectivity index (χ4v) is 5.19. The van der Waals surface area contributed by atoms with Crippen molar-refractivity contribution in [2.45, 2.75) is 71.1 Å². The Bertz CT molecular complexity index is 1410. The van der Waals surface area contributed by atoms with Crippen LogP contribution in [0, 0.1) is 19.8 Å². The van der Waals surface area contributed by atoms with Gasteiger partial charge in [0.25, 0.3) is 0 Å². The SMILES string of the molecule is Cc1cc(O)cc(C)c1C[C@H](N)C(=O)N[C@@H](CCCCNC(=O)OCc1ccccc1)C(=O)C[C@@H](Cc1ccccc1)C(N)=O. The molecule has 10 nitrogen and oxygen atoms in total. The van der Waals surface area contributed by atoms with Crippen LogP contribution in [0.25, 0.3) is 0 Å². The van der Waals surface area contributed by atoms with E-state index in [4.69, 9.17) is 16.2 Å². The summed E-state index contributed by atoms with van der Waals surface area (Å²) in [6.07, 6.45) is 1.16. The van der Waals surface area contributed by atoms with Gasteiger partial charge >= 0.3 is 6.09 Å². The number of aryl methyl sites for hydroxylation is 2. The fraction of sp³-hybridized carbons (Fsp3) is 0.371. The highest BCUT2D eigenvalue weighted by molar-refractivity contribution is 5.93. The number of hydrogen-bond donors (Lipinski definition) is 5. The van der Waals surface area contributed by atoms with Crippen LogP contribution in [0.5, 0.6) is 5.75 Å². The molecule has 0 aliphatic carbocycles. The maximum absolute atomic E-state index is 13.5. The first-order chi connectivity index (χ1) is 21.5. The highest BCUT2D eigenvalue weighted by Crippen LogP contribution is 2.22. The number of carbonyl (C=O) groups is 4. The van der Waals surface area contributed by atoms with Crippen LogP contribution in [0.4, 0.5) is 4.79 Å². The smallest absolute Gasteiger partial charge is 0.407 e. The van der Waals surface area contributed by atoms with Crippen molar-refractivity contribution >= 4 is 23.7 Å². The number of benzene rings is 3. The molecule has 0 saturated heterocycles. The molecule has 3 aromatic carbocycles. The molecule has 0 spiro atoms. The average molecular weight is 617 g/mol. The molecule has 0 aliphatic rings. The van der Waals surface area contributed by atoms with Gasteiger partial charge in [-0.3, -0.25) is 14.4 Å². The second-order valence-electron chi connectivity index (χ2n) is 11.4. The standard InChI is InChI=1S/C35H44N4O6/c1-23-17-28(40)18-24(2)29(23)21-30(36)34(43)39-31(32(41)20-27(33(37)42)19-25-11-5-3-6-12-25)15-9-10-16-38-35(44)45-22-26-13-7-4-8-14-26/h3-8,11-14,17-18,27,30-31,40H,9-10,15-16,19-22,36H2,1-2H3,(H2,37,42)(H,38,44)(H,39,43)/t27-,30+,31+/m1/s1. The zero-order valence-corrected chi connectivity index (χ0v) is 26.0. The molecule has 3 amide bonds. The number of nitrogens with two attached hydrogens (primary N) is 2. The van der Waals surface area contributed by atoms with E-state index in [1.165, 1.54) is 0 Å². The molecule has 0 unspecified atom stereocenters. The maximum atomic E-state index is 13.5. The van der Waals surface area contributed by atoms with Crippen LogP contribution in [-0.4, -0.2) is 47.4 Å². The quantitative estimate of drug-likeness (QED) is 0.144. The van der Waals surface area contributed by atoms with Crippen LogP contribution >= 0.6 is 0 Å². The van der Waals surface area contributed by atoms with Crippen molar-refractivity contribution in [2.24, 2.45) is 17.4 Å². The predicted octanol–water partition coefficient (Wildman–Crippen LogP) is 3.76. The molecule has 0 heterocycles. The van der Waals surface area contributed by atoms with E-state index in [1.54, 1.807) is 12.1 Å². The lowest BCUT2D eigenvalue weighted by Crippen LogP contribution is -2.50. The number of carbonyl (C=O) groups excluding carboxylic acids is 4. The normalized spacial score (nSPS) is 12.9. The lowest BCUT2D eigenvalue weighted by atomic mass is 9.90. The number of alkyl carbamates (subject to hydrolysis) is 1. The van der Waals surface area contributed by atoms with Crippen molar-refractivity contribution in [1.82, 2.24) is 10.6 Å². The van der Waals surface area contributed by atoms with Gasteiger partial charge in [-0.15, -0.1) is 0 Å². The highest BCUT2D eigenvalue weighted by Gasteiger charge is 2.28. The Balaban J connectivity index is 1.60. The minimum absolute atomic E-state index is 0.134. The lowest BCUT2D eigenvalue weighted by molar-refractivity contribution is -0.131. The molecule has 45 heavy (non-hydrogen) atoms. The number of aromatic hydroxyl groups is 1. The molecule has 0 aliphatic heterocycles. The van der Waals surface area contributed by atoms with Crippen molar-refractivity contribution in [3.05, 3.63) is 101 Å². The first-order valence-corrected chi connectivity index (χ1v) is 15.2. The summed E-state index contributed by atoms with van der Waals surface area (Å²) in [4.78, 5) is 51.1. The molecule has 3 aromatic rings.